The zero-order valence-electron chi connectivity index (χ0n) is 19.6. The van der Waals surface area contributed by atoms with Crippen molar-refractivity contribution in [2.45, 2.75) is 13.0 Å². The van der Waals surface area contributed by atoms with Gasteiger partial charge < -0.3 is 19.1 Å². The Hall–Kier alpha value is -3.50. The van der Waals surface area contributed by atoms with Crippen LogP contribution in [-0.4, -0.2) is 66.7 Å². The number of methoxy groups -OCH3 is 2. The maximum atomic E-state index is 13.0. The van der Waals surface area contributed by atoms with Crippen LogP contribution in [0.25, 0.3) is 6.08 Å². The van der Waals surface area contributed by atoms with Crippen LogP contribution < -0.4 is 9.47 Å². The van der Waals surface area contributed by atoms with Gasteiger partial charge in [-0.25, -0.2) is 4.79 Å². The van der Waals surface area contributed by atoms with Gasteiger partial charge in [0.2, 0.25) is 5.91 Å². The Morgan fingerprint density at radius 3 is 2.61 bits per heavy atom. The first-order valence-electron chi connectivity index (χ1n) is 11.0. The highest BCUT2D eigenvalue weighted by atomic mass is 35.5. The molecule has 188 valence electrons. The first-order chi connectivity index (χ1) is 17.3. The van der Waals surface area contributed by atoms with Crippen LogP contribution >= 0.6 is 23.4 Å². The van der Waals surface area contributed by atoms with E-state index in [1.807, 2.05) is 24.3 Å². The topological polar surface area (TPSA) is 102 Å². The molecular formula is C25H23ClN2O7S. The van der Waals surface area contributed by atoms with Gasteiger partial charge in [-0.2, -0.15) is 0 Å². The Kier molecular flexibility index (Phi) is 7.85. The molecular weight excluding hydrogens is 508 g/mol. The summed E-state index contributed by atoms with van der Waals surface area (Å²) in [7, 11) is 2.64. The number of hydrogen-bond donors (Lipinski definition) is 0. The van der Waals surface area contributed by atoms with Crippen LogP contribution in [0.4, 0.5) is 4.79 Å². The number of imide groups is 1. The molecule has 0 aliphatic carbocycles. The average Bonchev–Trinajstić information content (AvgIpc) is 3.14. The third kappa shape index (κ3) is 5.50. The number of carbonyl (C=O) groups excluding carboxylic acids is 4. The molecule has 3 amide bonds. The summed E-state index contributed by atoms with van der Waals surface area (Å²) in [6, 6.07) is 11.0. The fraction of sp³-hybridized carbons (Fsp3) is 0.280. The molecule has 2 aromatic rings. The van der Waals surface area contributed by atoms with E-state index in [2.05, 4.69) is 4.74 Å². The summed E-state index contributed by atoms with van der Waals surface area (Å²) in [6.45, 7) is 0.296. The number of carbonyl (C=O) groups is 4. The summed E-state index contributed by atoms with van der Waals surface area (Å²) < 4.78 is 15.2. The van der Waals surface area contributed by atoms with E-state index in [1.54, 1.807) is 11.0 Å². The number of thioether (sulfide) groups is 1. The molecule has 0 N–H and O–H groups in total. The van der Waals surface area contributed by atoms with Crippen LogP contribution in [0.15, 0.2) is 41.3 Å². The van der Waals surface area contributed by atoms with Crippen LogP contribution in [-0.2, 0) is 32.1 Å². The molecule has 9 nitrogen and oxygen atoms in total. The zero-order valence-corrected chi connectivity index (χ0v) is 21.2. The Balaban J connectivity index is 1.47. The van der Waals surface area contributed by atoms with Gasteiger partial charge in [-0.15, -0.1) is 0 Å². The molecule has 4 rings (SSSR count). The zero-order chi connectivity index (χ0) is 25.8. The lowest BCUT2D eigenvalue weighted by Gasteiger charge is -2.29. The number of ether oxygens (including phenoxy) is 3. The highest BCUT2D eigenvalue weighted by Gasteiger charge is 2.37. The predicted molar refractivity (Wildman–Crippen MR) is 134 cm³/mol. The first kappa shape index (κ1) is 25.6. The maximum absolute atomic E-state index is 13.0. The van der Waals surface area contributed by atoms with Gasteiger partial charge in [-0.3, -0.25) is 19.3 Å². The Labute approximate surface area is 216 Å². The second-order valence-corrected chi connectivity index (χ2v) is 9.40. The second-order valence-electron chi connectivity index (χ2n) is 8.00. The van der Waals surface area contributed by atoms with Crippen LogP contribution in [0.5, 0.6) is 11.5 Å². The number of fused-ring (bicyclic) bond motifs is 1. The number of hydrogen-bond acceptors (Lipinski definition) is 8. The Morgan fingerprint density at radius 1 is 1.14 bits per heavy atom. The molecule has 0 aromatic heterocycles. The highest BCUT2D eigenvalue weighted by molar-refractivity contribution is 8.18. The lowest BCUT2D eigenvalue weighted by Crippen LogP contribution is -2.44. The van der Waals surface area contributed by atoms with E-state index in [4.69, 9.17) is 21.1 Å². The standard InChI is InChI=1S/C25H23ClN2O7S/c1-33-19-10-15(9-18(26)23(19)35-14-22(30)34-2)11-20-24(31)28(25(32)36-20)13-21(29)27-8-7-16-5-3-4-6-17(16)12-27/h3-6,9-11H,7-8,12-14H2,1-2H3/b20-11-. The third-order valence-corrected chi connectivity index (χ3v) is 6.95. The number of rotatable bonds is 7. The quantitative estimate of drug-likeness (QED) is 0.396. The van der Waals surface area contributed by atoms with E-state index >= 15 is 0 Å². The summed E-state index contributed by atoms with van der Waals surface area (Å²) in [5.74, 6) is -1.06. The van der Waals surface area contributed by atoms with Crippen LogP contribution in [0, 0.1) is 0 Å². The monoisotopic (exact) mass is 530 g/mol. The molecule has 2 aliphatic heterocycles. The third-order valence-electron chi connectivity index (χ3n) is 5.76. The largest absolute Gasteiger partial charge is 0.493 e. The number of nitrogens with zero attached hydrogens (tertiary/aromatic N) is 2. The number of amides is 3. The molecule has 1 fully saturated rings. The van der Waals surface area contributed by atoms with Crippen molar-refractivity contribution in [2.24, 2.45) is 0 Å². The fourth-order valence-corrected chi connectivity index (χ4v) is 5.00. The van der Waals surface area contributed by atoms with E-state index < -0.39 is 17.1 Å². The lowest BCUT2D eigenvalue weighted by molar-refractivity contribution is -0.143. The molecule has 11 heteroatoms. The van der Waals surface area contributed by atoms with Crippen molar-refractivity contribution in [3.05, 3.63) is 63.0 Å². The highest BCUT2D eigenvalue weighted by Crippen LogP contribution is 2.39. The average molecular weight is 531 g/mol. The van der Waals surface area contributed by atoms with E-state index in [0.717, 1.165) is 28.6 Å². The van der Waals surface area contributed by atoms with E-state index in [0.29, 0.717) is 18.7 Å². The van der Waals surface area contributed by atoms with Crippen LogP contribution in [0.1, 0.15) is 16.7 Å². The molecule has 2 aliphatic rings. The van der Waals surface area contributed by atoms with Gasteiger partial charge in [0.05, 0.1) is 24.1 Å². The van der Waals surface area contributed by atoms with E-state index in [9.17, 15) is 19.2 Å². The molecule has 0 radical (unpaired) electrons. The summed E-state index contributed by atoms with van der Waals surface area (Å²) in [5.41, 5.74) is 2.74. The van der Waals surface area contributed by atoms with Gasteiger partial charge in [0, 0.05) is 13.1 Å². The Bertz CT molecular complexity index is 1260. The molecule has 1 saturated heterocycles. The van der Waals surface area contributed by atoms with Gasteiger partial charge in [-0.1, -0.05) is 35.9 Å². The van der Waals surface area contributed by atoms with E-state index in [1.165, 1.54) is 31.9 Å². The lowest BCUT2D eigenvalue weighted by atomic mass is 10.00. The van der Waals surface area contributed by atoms with Crippen molar-refractivity contribution < 1.29 is 33.4 Å². The summed E-state index contributed by atoms with van der Waals surface area (Å²) in [5, 5.41) is -0.377. The smallest absolute Gasteiger partial charge is 0.343 e. The van der Waals surface area contributed by atoms with Gasteiger partial charge in [0.1, 0.15) is 6.54 Å². The first-order valence-corrected chi connectivity index (χ1v) is 12.2. The second kappa shape index (κ2) is 11.0. The summed E-state index contributed by atoms with van der Waals surface area (Å²) in [4.78, 5) is 52.6. The van der Waals surface area contributed by atoms with Crippen molar-refractivity contribution in [2.75, 3.05) is 33.9 Å². The number of esters is 1. The normalized spacial score (nSPS) is 16.2. The summed E-state index contributed by atoms with van der Waals surface area (Å²) in [6.07, 6.45) is 2.22. The summed E-state index contributed by atoms with van der Waals surface area (Å²) >= 11 is 7.05. The fourth-order valence-electron chi connectivity index (χ4n) is 3.88. The van der Waals surface area contributed by atoms with Gasteiger partial charge in [0.25, 0.3) is 11.1 Å². The molecule has 2 aromatic carbocycles. The molecule has 0 saturated carbocycles. The van der Waals surface area contributed by atoms with Gasteiger partial charge >= 0.3 is 5.97 Å². The van der Waals surface area contributed by atoms with Gasteiger partial charge in [-0.05, 0) is 53.1 Å². The van der Waals surface area contributed by atoms with Crippen molar-refractivity contribution in [3.63, 3.8) is 0 Å². The minimum Gasteiger partial charge on any atom is -0.493 e. The predicted octanol–water partition coefficient (Wildman–Crippen LogP) is 3.52. The Morgan fingerprint density at radius 2 is 1.89 bits per heavy atom. The van der Waals surface area contributed by atoms with Crippen molar-refractivity contribution in [1.29, 1.82) is 0 Å². The van der Waals surface area contributed by atoms with Gasteiger partial charge in [0.15, 0.2) is 18.1 Å². The minimum absolute atomic E-state index is 0.142. The van der Waals surface area contributed by atoms with Crippen molar-refractivity contribution >= 4 is 52.5 Å². The minimum atomic E-state index is -0.589. The molecule has 0 atom stereocenters. The molecule has 0 bridgehead atoms. The number of halogens is 1. The molecule has 0 spiro atoms. The molecule has 0 unspecified atom stereocenters. The SMILES string of the molecule is COC(=O)COc1c(Cl)cc(/C=C2\SC(=O)N(CC(=O)N3CCc4ccccc4C3)C2=O)cc1OC. The van der Waals surface area contributed by atoms with Crippen LogP contribution in [0.3, 0.4) is 0 Å². The van der Waals surface area contributed by atoms with Crippen molar-refractivity contribution in [3.8, 4) is 11.5 Å². The van der Waals surface area contributed by atoms with Crippen molar-refractivity contribution in [1.82, 2.24) is 9.80 Å². The number of benzene rings is 2. The molecule has 2 heterocycles. The van der Waals surface area contributed by atoms with Crippen LogP contribution in [0.2, 0.25) is 5.02 Å². The molecule has 36 heavy (non-hydrogen) atoms. The maximum Gasteiger partial charge on any atom is 0.343 e. The van der Waals surface area contributed by atoms with E-state index in [-0.39, 0.29) is 40.5 Å².